The summed E-state index contributed by atoms with van der Waals surface area (Å²) in [6, 6.07) is 0. The van der Waals surface area contributed by atoms with E-state index in [1.807, 2.05) is 20.9 Å². The van der Waals surface area contributed by atoms with E-state index in [1.165, 1.54) is 0 Å². The van der Waals surface area contributed by atoms with Gasteiger partial charge in [0.1, 0.15) is 6.61 Å². The zero-order valence-electron chi connectivity index (χ0n) is 16.5. The van der Waals surface area contributed by atoms with Gasteiger partial charge in [0.05, 0.1) is 38.4 Å². The van der Waals surface area contributed by atoms with E-state index >= 15 is 0 Å². The molecule has 0 aromatic rings. The van der Waals surface area contributed by atoms with Crippen molar-refractivity contribution in [2.24, 2.45) is 17.3 Å². The second kappa shape index (κ2) is 10.9. The van der Waals surface area contributed by atoms with Crippen molar-refractivity contribution in [1.29, 1.82) is 0 Å². The molecule has 1 amide bonds. The monoisotopic (exact) mass is 357 g/mol. The molecule has 6 heteroatoms. The van der Waals surface area contributed by atoms with Gasteiger partial charge in [0.25, 0.3) is 0 Å². The van der Waals surface area contributed by atoms with Crippen molar-refractivity contribution >= 4 is 11.7 Å². The van der Waals surface area contributed by atoms with Crippen LogP contribution in [0.2, 0.25) is 0 Å². The first-order valence-corrected chi connectivity index (χ1v) is 9.32. The first-order valence-electron chi connectivity index (χ1n) is 9.32. The highest BCUT2D eigenvalue weighted by Gasteiger charge is 2.53. The van der Waals surface area contributed by atoms with Crippen LogP contribution >= 0.6 is 0 Å². The van der Waals surface area contributed by atoms with Gasteiger partial charge in [0.2, 0.25) is 5.91 Å². The van der Waals surface area contributed by atoms with Crippen LogP contribution in [0, 0.1) is 17.3 Å². The fraction of sp³-hybridized carbons (Fsp3) is 0.895. The fourth-order valence-electron chi connectivity index (χ4n) is 2.64. The van der Waals surface area contributed by atoms with E-state index in [4.69, 9.17) is 14.2 Å². The maximum Gasteiger partial charge on any atom is 0.228 e. The van der Waals surface area contributed by atoms with Crippen LogP contribution in [0.5, 0.6) is 0 Å². The molecule has 0 radical (unpaired) electrons. The molecule has 0 aliphatic heterocycles. The molecular formula is C19H35NO5. The maximum atomic E-state index is 12.4. The molecule has 1 fully saturated rings. The lowest BCUT2D eigenvalue weighted by atomic mass is 9.91. The summed E-state index contributed by atoms with van der Waals surface area (Å²) in [5.41, 5.74) is -0.116. The molecule has 0 atom stereocenters. The first-order chi connectivity index (χ1) is 11.8. The number of ketones is 1. The minimum absolute atomic E-state index is 0.00895. The fourth-order valence-corrected chi connectivity index (χ4v) is 2.64. The Kier molecular flexibility index (Phi) is 9.61. The number of rotatable bonds is 14. The summed E-state index contributed by atoms with van der Waals surface area (Å²) in [5, 5.41) is 0. The van der Waals surface area contributed by atoms with Crippen LogP contribution in [0.15, 0.2) is 0 Å². The Balaban J connectivity index is 1.95. The van der Waals surface area contributed by atoms with Gasteiger partial charge < -0.3 is 19.1 Å². The third-order valence-corrected chi connectivity index (χ3v) is 4.87. The van der Waals surface area contributed by atoms with Gasteiger partial charge in [-0.3, -0.25) is 9.59 Å². The lowest BCUT2D eigenvalue weighted by Crippen LogP contribution is -2.38. The van der Waals surface area contributed by atoms with Crippen molar-refractivity contribution in [3.05, 3.63) is 0 Å². The molecule has 0 aromatic heterocycles. The van der Waals surface area contributed by atoms with E-state index in [9.17, 15) is 9.59 Å². The smallest absolute Gasteiger partial charge is 0.228 e. The average molecular weight is 357 g/mol. The predicted molar refractivity (Wildman–Crippen MR) is 96.4 cm³/mol. The first kappa shape index (κ1) is 22.1. The number of Topliss-reactive ketones (excluding diaryl/α,β-unsaturated/α-hetero) is 1. The highest BCUT2D eigenvalue weighted by atomic mass is 16.5. The molecule has 1 rings (SSSR count). The summed E-state index contributed by atoms with van der Waals surface area (Å²) in [7, 11) is 1.85. The van der Waals surface area contributed by atoms with Gasteiger partial charge >= 0.3 is 0 Å². The largest absolute Gasteiger partial charge is 0.377 e. The van der Waals surface area contributed by atoms with Gasteiger partial charge in [-0.15, -0.1) is 0 Å². The average Bonchev–Trinajstić information content (AvgIpc) is 3.37. The van der Waals surface area contributed by atoms with Gasteiger partial charge in [0.15, 0.2) is 5.78 Å². The van der Waals surface area contributed by atoms with Crippen LogP contribution in [0.1, 0.15) is 40.5 Å². The standard InChI is InChI=1S/C19H35NO5/c1-15(2)17(21)14-25-13-12-24-11-10-23-9-8-20(5)18(22)19(6-7-19)16(3)4/h15-16H,6-14H2,1-5H3. The number of likely N-dealkylation sites (N-methyl/N-ethyl adjacent to an activating group) is 1. The van der Waals surface area contributed by atoms with Crippen LogP contribution in [0.3, 0.4) is 0 Å². The SMILES string of the molecule is CC(C)C(=O)COCCOCCOCCN(C)C(=O)C1(C(C)C)CC1. The molecular weight excluding hydrogens is 322 g/mol. The lowest BCUT2D eigenvalue weighted by molar-refractivity contribution is -0.138. The van der Waals surface area contributed by atoms with Crippen molar-refractivity contribution in [2.75, 3.05) is 53.2 Å². The topological polar surface area (TPSA) is 65.1 Å². The number of carbonyl (C=O) groups excluding carboxylic acids is 2. The highest BCUT2D eigenvalue weighted by molar-refractivity contribution is 5.85. The minimum atomic E-state index is -0.116. The Morgan fingerprint density at radius 3 is 1.92 bits per heavy atom. The van der Waals surface area contributed by atoms with E-state index in [0.29, 0.717) is 45.5 Å². The van der Waals surface area contributed by atoms with Crippen LogP contribution in [-0.4, -0.2) is 69.8 Å². The molecule has 0 saturated heterocycles. The third kappa shape index (κ3) is 7.42. The van der Waals surface area contributed by atoms with Crippen molar-refractivity contribution in [3.63, 3.8) is 0 Å². The number of hydrogen-bond donors (Lipinski definition) is 0. The second-order valence-corrected chi connectivity index (χ2v) is 7.44. The van der Waals surface area contributed by atoms with Gasteiger partial charge in [-0.1, -0.05) is 27.7 Å². The Labute approximate surface area is 152 Å². The van der Waals surface area contributed by atoms with E-state index in [0.717, 1.165) is 12.8 Å². The molecule has 0 N–H and O–H groups in total. The third-order valence-electron chi connectivity index (χ3n) is 4.87. The summed E-state index contributed by atoms with van der Waals surface area (Å²) < 4.78 is 16.1. The summed E-state index contributed by atoms with van der Waals surface area (Å²) in [6.45, 7) is 11.1. The molecule has 0 spiro atoms. The van der Waals surface area contributed by atoms with Crippen molar-refractivity contribution in [2.45, 2.75) is 40.5 Å². The second-order valence-electron chi connectivity index (χ2n) is 7.44. The van der Waals surface area contributed by atoms with Crippen LogP contribution in [0.25, 0.3) is 0 Å². The Bertz CT molecular complexity index is 418. The van der Waals surface area contributed by atoms with Crippen LogP contribution in [-0.2, 0) is 23.8 Å². The highest BCUT2D eigenvalue weighted by Crippen LogP contribution is 2.52. The number of amides is 1. The summed E-state index contributed by atoms with van der Waals surface area (Å²) >= 11 is 0. The molecule has 146 valence electrons. The Morgan fingerprint density at radius 1 is 0.920 bits per heavy atom. The van der Waals surface area contributed by atoms with Crippen LogP contribution in [0.4, 0.5) is 0 Å². The van der Waals surface area contributed by atoms with Gasteiger partial charge in [-0.2, -0.15) is 0 Å². The van der Waals surface area contributed by atoms with E-state index in [1.54, 1.807) is 4.90 Å². The Hall–Kier alpha value is -0.980. The molecule has 6 nitrogen and oxygen atoms in total. The predicted octanol–water partition coefficient (Wildman–Crippen LogP) is 2.16. The number of ether oxygens (including phenoxy) is 3. The van der Waals surface area contributed by atoms with E-state index < -0.39 is 0 Å². The van der Waals surface area contributed by atoms with Crippen molar-refractivity contribution in [1.82, 2.24) is 4.90 Å². The molecule has 0 heterocycles. The molecule has 0 bridgehead atoms. The number of nitrogens with zero attached hydrogens (tertiary/aromatic N) is 1. The quantitative estimate of drug-likeness (QED) is 0.446. The molecule has 1 aliphatic carbocycles. The van der Waals surface area contributed by atoms with Gasteiger partial charge in [-0.25, -0.2) is 0 Å². The Morgan fingerprint density at radius 2 is 1.44 bits per heavy atom. The normalized spacial score (nSPS) is 15.6. The molecule has 0 aromatic carbocycles. The van der Waals surface area contributed by atoms with Gasteiger partial charge in [-0.05, 0) is 18.8 Å². The molecule has 1 aliphatic rings. The maximum absolute atomic E-state index is 12.4. The van der Waals surface area contributed by atoms with Crippen molar-refractivity contribution < 1.29 is 23.8 Å². The summed E-state index contributed by atoms with van der Waals surface area (Å²) in [4.78, 5) is 25.6. The number of hydrogen-bond acceptors (Lipinski definition) is 5. The molecule has 25 heavy (non-hydrogen) atoms. The van der Waals surface area contributed by atoms with Gasteiger partial charge in [0, 0.05) is 19.5 Å². The van der Waals surface area contributed by atoms with E-state index in [2.05, 4.69) is 13.8 Å². The number of carbonyl (C=O) groups is 2. The lowest BCUT2D eigenvalue weighted by Gasteiger charge is -2.26. The van der Waals surface area contributed by atoms with Crippen molar-refractivity contribution in [3.8, 4) is 0 Å². The zero-order valence-corrected chi connectivity index (χ0v) is 16.5. The zero-order chi connectivity index (χ0) is 18.9. The summed E-state index contributed by atoms with van der Waals surface area (Å²) in [5.74, 6) is 0.757. The van der Waals surface area contributed by atoms with Crippen LogP contribution < -0.4 is 0 Å². The molecule has 0 unspecified atom stereocenters. The summed E-state index contributed by atoms with van der Waals surface area (Å²) in [6.07, 6.45) is 2.01. The molecule has 1 saturated carbocycles. The minimum Gasteiger partial charge on any atom is -0.377 e. The van der Waals surface area contributed by atoms with E-state index in [-0.39, 0.29) is 29.6 Å².